The summed E-state index contributed by atoms with van der Waals surface area (Å²) < 4.78 is 10.5. The lowest BCUT2D eigenvalue weighted by Gasteiger charge is -2.16. The predicted octanol–water partition coefficient (Wildman–Crippen LogP) is 2.91. The number of aryl methyl sites for hydroxylation is 4. The van der Waals surface area contributed by atoms with Crippen molar-refractivity contribution in [3.05, 3.63) is 81.5 Å². The van der Waals surface area contributed by atoms with Crippen LogP contribution in [0, 0.1) is 13.8 Å². The fourth-order valence-electron chi connectivity index (χ4n) is 3.43. The zero-order valence-corrected chi connectivity index (χ0v) is 17.5. The minimum atomic E-state index is -0.292. The highest BCUT2D eigenvalue weighted by atomic mass is 16.5. The molecule has 154 valence electrons. The van der Waals surface area contributed by atoms with Gasteiger partial charge in [0.1, 0.15) is 12.4 Å². The molecule has 0 radical (unpaired) electrons. The highest BCUT2D eigenvalue weighted by Crippen LogP contribution is 2.25. The molecular weight excluding hydrogens is 380 g/mol. The Balaban J connectivity index is 1.64. The summed E-state index contributed by atoms with van der Waals surface area (Å²) in [6.45, 7) is 6.37. The van der Waals surface area contributed by atoms with Crippen molar-refractivity contribution in [2.75, 3.05) is 0 Å². The summed E-state index contributed by atoms with van der Waals surface area (Å²) in [4.78, 5) is 12.4. The molecule has 0 unspecified atom stereocenters. The van der Waals surface area contributed by atoms with Gasteiger partial charge in [-0.1, -0.05) is 19.1 Å². The summed E-state index contributed by atoms with van der Waals surface area (Å²) in [5, 5.41) is 12.3. The Labute approximate surface area is 174 Å². The minimum Gasteiger partial charge on any atom is -0.489 e. The smallest absolute Gasteiger partial charge is 0.368 e. The summed E-state index contributed by atoms with van der Waals surface area (Å²) in [7, 11) is 1.58. The summed E-state index contributed by atoms with van der Waals surface area (Å²) in [5.41, 5.74) is 5.38. The van der Waals surface area contributed by atoms with Crippen LogP contribution in [0.5, 0.6) is 5.75 Å². The van der Waals surface area contributed by atoms with Crippen molar-refractivity contribution in [2.24, 2.45) is 7.05 Å². The molecule has 0 fully saturated rings. The summed E-state index contributed by atoms with van der Waals surface area (Å²) in [5.74, 6) is 0.783. The van der Waals surface area contributed by atoms with Gasteiger partial charge >= 0.3 is 5.69 Å². The van der Waals surface area contributed by atoms with E-state index in [1.165, 1.54) is 9.36 Å². The molecule has 0 amide bonds. The van der Waals surface area contributed by atoms with Crippen LogP contribution in [-0.2, 0) is 20.1 Å². The first-order valence-electron chi connectivity index (χ1n) is 9.84. The van der Waals surface area contributed by atoms with Gasteiger partial charge in [-0.3, -0.25) is 0 Å². The second-order valence-corrected chi connectivity index (χ2v) is 7.21. The molecule has 4 aromatic rings. The number of nitrogens with zero attached hydrogens (tertiary/aromatic N) is 6. The number of ether oxygens (including phenoxy) is 1. The Morgan fingerprint density at radius 1 is 1.07 bits per heavy atom. The quantitative estimate of drug-likeness (QED) is 0.494. The van der Waals surface area contributed by atoms with Crippen molar-refractivity contribution in [3.8, 4) is 17.1 Å². The van der Waals surface area contributed by atoms with Gasteiger partial charge in [0, 0.05) is 18.8 Å². The normalized spacial score (nSPS) is 11.1. The number of hydrogen-bond donors (Lipinski definition) is 0. The molecule has 0 N–H and O–H groups in total. The lowest BCUT2D eigenvalue weighted by Crippen LogP contribution is -2.23. The third kappa shape index (κ3) is 3.63. The summed E-state index contributed by atoms with van der Waals surface area (Å²) in [6, 6.07) is 13.8. The van der Waals surface area contributed by atoms with E-state index in [-0.39, 0.29) is 5.69 Å². The molecule has 8 nitrogen and oxygen atoms in total. The van der Waals surface area contributed by atoms with E-state index in [1.807, 2.05) is 67.2 Å². The van der Waals surface area contributed by atoms with Crippen LogP contribution in [0.25, 0.3) is 11.4 Å². The Morgan fingerprint density at radius 2 is 1.90 bits per heavy atom. The van der Waals surface area contributed by atoms with Crippen LogP contribution in [0.2, 0.25) is 0 Å². The zero-order chi connectivity index (χ0) is 21.3. The molecule has 30 heavy (non-hydrogen) atoms. The van der Waals surface area contributed by atoms with Gasteiger partial charge < -0.3 is 4.74 Å². The molecule has 0 bridgehead atoms. The molecule has 0 aliphatic carbocycles. The Kier molecular flexibility index (Phi) is 5.22. The van der Waals surface area contributed by atoms with Crippen molar-refractivity contribution in [1.29, 1.82) is 0 Å². The van der Waals surface area contributed by atoms with Crippen molar-refractivity contribution in [3.63, 3.8) is 0 Å². The first kappa shape index (κ1) is 19.6. The van der Waals surface area contributed by atoms with E-state index in [4.69, 9.17) is 4.74 Å². The molecule has 0 saturated heterocycles. The predicted molar refractivity (Wildman–Crippen MR) is 113 cm³/mol. The van der Waals surface area contributed by atoms with Crippen molar-refractivity contribution in [1.82, 2.24) is 29.6 Å². The lowest BCUT2D eigenvalue weighted by molar-refractivity contribution is 0.302. The molecule has 2 aromatic heterocycles. The fourth-order valence-corrected chi connectivity index (χ4v) is 3.43. The number of hydrogen-bond acceptors (Lipinski definition) is 5. The molecule has 0 saturated carbocycles. The van der Waals surface area contributed by atoms with Gasteiger partial charge in [-0.15, -0.1) is 0 Å². The van der Waals surface area contributed by atoms with Gasteiger partial charge in [-0.25, -0.2) is 9.48 Å². The van der Waals surface area contributed by atoms with Crippen molar-refractivity contribution in [2.45, 2.75) is 33.8 Å². The highest BCUT2D eigenvalue weighted by Gasteiger charge is 2.15. The van der Waals surface area contributed by atoms with Gasteiger partial charge in [-0.2, -0.15) is 14.5 Å². The Morgan fingerprint density at radius 3 is 2.53 bits per heavy atom. The van der Waals surface area contributed by atoms with Crippen LogP contribution in [0.3, 0.4) is 0 Å². The SMILES string of the molecule is CCc1cccc(-n2nnn(C)c2=O)c1COc1ccc(-n2ccc(C)n2)cc1C. The molecule has 4 rings (SSSR count). The standard InChI is InChI=1S/C22H24N6O2/c1-5-17-7-6-8-20(28-22(29)26(4)24-25-28)19(17)14-30-21-10-9-18(13-15(21)2)27-12-11-16(3)23-27/h6-13H,5,14H2,1-4H3. The van der Waals surface area contributed by atoms with Crippen LogP contribution < -0.4 is 10.4 Å². The van der Waals surface area contributed by atoms with Gasteiger partial charge in [-0.05, 0) is 72.2 Å². The van der Waals surface area contributed by atoms with Crippen LogP contribution in [0.1, 0.15) is 29.3 Å². The first-order chi connectivity index (χ1) is 14.5. The maximum absolute atomic E-state index is 12.4. The maximum Gasteiger partial charge on any atom is 0.368 e. The number of aromatic nitrogens is 6. The van der Waals surface area contributed by atoms with E-state index in [0.29, 0.717) is 12.3 Å². The van der Waals surface area contributed by atoms with Gasteiger partial charge in [0.2, 0.25) is 0 Å². The Bertz CT molecular complexity index is 1250. The number of rotatable bonds is 6. The molecule has 0 aliphatic heterocycles. The van der Waals surface area contributed by atoms with Crippen LogP contribution in [0.4, 0.5) is 0 Å². The van der Waals surface area contributed by atoms with Crippen molar-refractivity contribution < 1.29 is 4.74 Å². The van der Waals surface area contributed by atoms with Gasteiger partial charge in [0.15, 0.2) is 0 Å². The molecule has 0 spiro atoms. The summed E-state index contributed by atoms with van der Waals surface area (Å²) in [6.07, 6.45) is 2.76. The van der Waals surface area contributed by atoms with Crippen LogP contribution >= 0.6 is 0 Å². The number of tetrazole rings is 1. The third-order valence-corrected chi connectivity index (χ3v) is 5.10. The van der Waals surface area contributed by atoms with Gasteiger partial charge in [0.25, 0.3) is 0 Å². The van der Waals surface area contributed by atoms with E-state index >= 15 is 0 Å². The molecule has 8 heteroatoms. The average molecular weight is 404 g/mol. The van der Waals surface area contributed by atoms with E-state index in [0.717, 1.165) is 40.2 Å². The first-order valence-corrected chi connectivity index (χ1v) is 9.84. The van der Waals surface area contributed by atoms with E-state index in [2.05, 4.69) is 22.4 Å². The molecular formula is C22H24N6O2. The van der Waals surface area contributed by atoms with Gasteiger partial charge in [0.05, 0.1) is 17.1 Å². The second kappa shape index (κ2) is 7.98. The summed E-state index contributed by atoms with van der Waals surface area (Å²) >= 11 is 0. The molecule has 0 atom stereocenters. The number of benzene rings is 2. The fraction of sp³-hybridized carbons (Fsp3) is 0.273. The topological polar surface area (TPSA) is 79.8 Å². The van der Waals surface area contributed by atoms with Crippen molar-refractivity contribution >= 4 is 0 Å². The molecule has 2 heterocycles. The molecule has 2 aromatic carbocycles. The van der Waals surface area contributed by atoms with Crippen LogP contribution in [-0.4, -0.2) is 29.6 Å². The third-order valence-electron chi connectivity index (χ3n) is 5.10. The second-order valence-electron chi connectivity index (χ2n) is 7.21. The maximum atomic E-state index is 12.4. The van der Waals surface area contributed by atoms with E-state index < -0.39 is 0 Å². The van der Waals surface area contributed by atoms with E-state index in [1.54, 1.807) is 7.05 Å². The zero-order valence-electron chi connectivity index (χ0n) is 17.5. The van der Waals surface area contributed by atoms with Crippen LogP contribution in [0.15, 0.2) is 53.5 Å². The molecule has 0 aliphatic rings. The van der Waals surface area contributed by atoms with E-state index in [9.17, 15) is 4.79 Å². The largest absolute Gasteiger partial charge is 0.489 e. The average Bonchev–Trinajstić information content (AvgIpc) is 3.32. The lowest BCUT2D eigenvalue weighted by atomic mass is 10.0. The monoisotopic (exact) mass is 404 g/mol. The Hall–Kier alpha value is -3.68. The highest BCUT2D eigenvalue weighted by molar-refractivity contribution is 5.47. The minimum absolute atomic E-state index is 0.292.